The van der Waals surface area contributed by atoms with Crippen molar-refractivity contribution < 1.29 is 9.90 Å². The van der Waals surface area contributed by atoms with Gasteiger partial charge in [-0.15, -0.1) is 0 Å². The van der Waals surface area contributed by atoms with Crippen molar-refractivity contribution in [2.45, 2.75) is 39.2 Å². The Bertz CT molecular complexity index is 122. The molecule has 0 spiro atoms. The summed E-state index contributed by atoms with van der Waals surface area (Å²) >= 11 is 0. The second-order valence-electron chi connectivity index (χ2n) is 2.83. The van der Waals surface area contributed by atoms with Gasteiger partial charge >= 0.3 is 0 Å². The van der Waals surface area contributed by atoms with Gasteiger partial charge in [-0.3, -0.25) is 4.79 Å². The van der Waals surface area contributed by atoms with E-state index in [0.29, 0.717) is 0 Å². The summed E-state index contributed by atoms with van der Waals surface area (Å²) in [6.07, 6.45) is 1.53. The Kier molecular flexibility index (Phi) is 4.11. The Morgan fingerprint density at radius 1 is 1.45 bits per heavy atom. The van der Waals surface area contributed by atoms with Crippen molar-refractivity contribution in [2.24, 2.45) is 0 Å². The first-order chi connectivity index (χ1) is 5.10. The first-order valence-corrected chi connectivity index (χ1v) is 4.00. The normalized spacial score (nSPS) is 11.3. The number of carbonyl (C=O) groups excluding carboxylic acids is 1. The maximum Gasteiger partial charge on any atom is 0.217 e. The molecule has 3 heteroatoms. The van der Waals surface area contributed by atoms with Gasteiger partial charge in [-0.2, -0.15) is 0 Å². The molecule has 0 saturated heterocycles. The predicted molar refractivity (Wildman–Crippen MR) is 44.2 cm³/mol. The van der Waals surface area contributed by atoms with Gasteiger partial charge in [0, 0.05) is 6.92 Å². The highest BCUT2D eigenvalue weighted by atomic mass is 16.3. The lowest BCUT2D eigenvalue weighted by atomic mass is 9.94. The van der Waals surface area contributed by atoms with E-state index in [0.717, 1.165) is 12.8 Å². The maximum atomic E-state index is 10.7. The minimum Gasteiger partial charge on any atom is -0.394 e. The Morgan fingerprint density at radius 3 is 2.00 bits per heavy atom. The third-order valence-electron chi connectivity index (χ3n) is 2.10. The van der Waals surface area contributed by atoms with E-state index in [1.165, 1.54) is 6.92 Å². The van der Waals surface area contributed by atoms with Crippen LogP contribution in [-0.2, 0) is 4.79 Å². The molecule has 0 aliphatic heterocycles. The molecular weight excluding hydrogens is 142 g/mol. The summed E-state index contributed by atoms with van der Waals surface area (Å²) in [6.45, 7) is 5.39. The molecular formula is C8H17NO2. The van der Waals surface area contributed by atoms with Crippen LogP contribution in [0.25, 0.3) is 0 Å². The minimum atomic E-state index is -0.397. The summed E-state index contributed by atoms with van der Waals surface area (Å²) in [7, 11) is 0. The molecule has 0 atom stereocenters. The molecule has 0 aromatic rings. The van der Waals surface area contributed by atoms with E-state index in [2.05, 4.69) is 5.32 Å². The van der Waals surface area contributed by atoms with Gasteiger partial charge in [0.2, 0.25) is 5.91 Å². The van der Waals surface area contributed by atoms with Crippen LogP contribution in [0.15, 0.2) is 0 Å². The molecule has 0 heterocycles. The molecule has 0 aromatic carbocycles. The van der Waals surface area contributed by atoms with E-state index in [-0.39, 0.29) is 12.5 Å². The highest BCUT2D eigenvalue weighted by Gasteiger charge is 2.25. The van der Waals surface area contributed by atoms with Crippen molar-refractivity contribution in [1.29, 1.82) is 0 Å². The number of amides is 1. The maximum absolute atomic E-state index is 10.7. The van der Waals surface area contributed by atoms with Crippen molar-refractivity contribution >= 4 is 5.91 Å². The van der Waals surface area contributed by atoms with E-state index >= 15 is 0 Å². The van der Waals surface area contributed by atoms with Crippen LogP contribution in [0.5, 0.6) is 0 Å². The second kappa shape index (κ2) is 4.34. The van der Waals surface area contributed by atoms with Crippen LogP contribution in [0.4, 0.5) is 0 Å². The molecule has 11 heavy (non-hydrogen) atoms. The average Bonchev–Trinajstić information content (AvgIpc) is 2.00. The van der Waals surface area contributed by atoms with Crippen LogP contribution in [0.1, 0.15) is 33.6 Å². The van der Waals surface area contributed by atoms with Crippen LogP contribution in [0.3, 0.4) is 0 Å². The third kappa shape index (κ3) is 2.89. The van der Waals surface area contributed by atoms with Gasteiger partial charge in [0.05, 0.1) is 12.1 Å². The SMILES string of the molecule is CCC(CC)(CO)NC(C)=O. The average molecular weight is 159 g/mol. The largest absolute Gasteiger partial charge is 0.394 e. The van der Waals surface area contributed by atoms with Gasteiger partial charge in [0.25, 0.3) is 0 Å². The molecule has 66 valence electrons. The first-order valence-electron chi connectivity index (χ1n) is 4.00. The summed E-state index contributed by atoms with van der Waals surface area (Å²) in [5.74, 6) is -0.0808. The smallest absolute Gasteiger partial charge is 0.217 e. The lowest BCUT2D eigenvalue weighted by molar-refractivity contribution is -0.121. The molecule has 0 saturated carbocycles. The van der Waals surface area contributed by atoms with E-state index in [1.807, 2.05) is 13.8 Å². The topological polar surface area (TPSA) is 49.3 Å². The van der Waals surface area contributed by atoms with E-state index in [1.54, 1.807) is 0 Å². The van der Waals surface area contributed by atoms with E-state index in [9.17, 15) is 4.79 Å². The summed E-state index contributed by atoms with van der Waals surface area (Å²) in [6, 6.07) is 0. The molecule has 0 aliphatic carbocycles. The number of rotatable bonds is 4. The first kappa shape index (κ1) is 10.4. The van der Waals surface area contributed by atoms with Crippen LogP contribution < -0.4 is 5.32 Å². The van der Waals surface area contributed by atoms with Gasteiger partial charge in [-0.25, -0.2) is 0 Å². The van der Waals surface area contributed by atoms with Crippen LogP contribution in [-0.4, -0.2) is 23.2 Å². The predicted octanol–water partition coefficient (Wildman–Crippen LogP) is 0.674. The lowest BCUT2D eigenvalue weighted by Gasteiger charge is -2.29. The fourth-order valence-electron chi connectivity index (χ4n) is 1.06. The number of nitrogens with one attached hydrogen (secondary N) is 1. The molecule has 0 radical (unpaired) electrons. The lowest BCUT2D eigenvalue weighted by Crippen LogP contribution is -2.49. The van der Waals surface area contributed by atoms with E-state index in [4.69, 9.17) is 5.11 Å². The number of carbonyl (C=O) groups is 1. The van der Waals surface area contributed by atoms with Crippen molar-refractivity contribution in [3.8, 4) is 0 Å². The van der Waals surface area contributed by atoms with Crippen LogP contribution in [0, 0.1) is 0 Å². The fourth-order valence-corrected chi connectivity index (χ4v) is 1.06. The summed E-state index contributed by atoms with van der Waals surface area (Å²) < 4.78 is 0. The number of hydrogen-bond donors (Lipinski definition) is 2. The van der Waals surface area contributed by atoms with Gasteiger partial charge in [0.15, 0.2) is 0 Å². The summed E-state index contributed by atoms with van der Waals surface area (Å²) in [5.41, 5.74) is -0.397. The van der Waals surface area contributed by atoms with Gasteiger partial charge in [0.1, 0.15) is 0 Å². The van der Waals surface area contributed by atoms with Gasteiger partial charge in [-0.05, 0) is 12.8 Å². The molecule has 3 nitrogen and oxygen atoms in total. The zero-order valence-corrected chi connectivity index (χ0v) is 7.48. The number of aliphatic hydroxyl groups excluding tert-OH is 1. The van der Waals surface area contributed by atoms with Crippen molar-refractivity contribution in [3.63, 3.8) is 0 Å². The fraction of sp³-hybridized carbons (Fsp3) is 0.875. The van der Waals surface area contributed by atoms with E-state index < -0.39 is 5.54 Å². The second-order valence-corrected chi connectivity index (χ2v) is 2.83. The molecule has 0 unspecified atom stereocenters. The Labute approximate surface area is 67.8 Å². The third-order valence-corrected chi connectivity index (χ3v) is 2.10. The highest BCUT2D eigenvalue weighted by molar-refractivity contribution is 5.73. The number of aliphatic hydroxyl groups is 1. The summed E-state index contributed by atoms with van der Waals surface area (Å²) in [5, 5.41) is 11.8. The molecule has 0 bridgehead atoms. The molecule has 0 aromatic heterocycles. The standard InChI is InChI=1S/C8H17NO2/c1-4-8(5-2,6-10)9-7(3)11/h10H,4-6H2,1-3H3,(H,9,11). The van der Waals surface area contributed by atoms with Crippen LogP contribution in [0.2, 0.25) is 0 Å². The number of hydrogen-bond acceptors (Lipinski definition) is 2. The molecule has 0 rings (SSSR count). The molecule has 0 fully saturated rings. The van der Waals surface area contributed by atoms with Crippen molar-refractivity contribution in [3.05, 3.63) is 0 Å². The minimum absolute atomic E-state index is 0.0135. The zero-order chi connectivity index (χ0) is 8.91. The Hall–Kier alpha value is -0.570. The highest BCUT2D eigenvalue weighted by Crippen LogP contribution is 2.13. The van der Waals surface area contributed by atoms with Gasteiger partial charge in [-0.1, -0.05) is 13.8 Å². The molecule has 2 N–H and O–H groups in total. The Balaban J connectivity index is 4.16. The zero-order valence-electron chi connectivity index (χ0n) is 7.48. The van der Waals surface area contributed by atoms with Crippen molar-refractivity contribution in [1.82, 2.24) is 5.32 Å². The summed E-state index contributed by atoms with van der Waals surface area (Å²) in [4.78, 5) is 10.7. The van der Waals surface area contributed by atoms with Gasteiger partial charge < -0.3 is 10.4 Å². The monoisotopic (exact) mass is 159 g/mol. The molecule has 0 aliphatic rings. The van der Waals surface area contributed by atoms with Crippen LogP contribution >= 0.6 is 0 Å². The Morgan fingerprint density at radius 2 is 1.91 bits per heavy atom. The molecule has 1 amide bonds. The van der Waals surface area contributed by atoms with Crippen molar-refractivity contribution in [2.75, 3.05) is 6.61 Å². The quantitative estimate of drug-likeness (QED) is 0.633.